The molecule has 4 aromatic heterocycles. The number of halogens is 4. The van der Waals surface area contributed by atoms with Gasteiger partial charge in [0.1, 0.15) is 47.6 Å². The third-order valence-corrected chi connectivity index (χ3v) is 12.1. The zero-order valence-electron chi connectivity index (χ0n) is 36.0. The quantitative estimate of drug-likeness (QED) is 0.134. The summed E-state index contributed by atoms with van der Waals surface area (Å²) in [6, 6.07) is 19.9. The normalized spacial score (nSPS) is 13.8. The monoisotopic (exact) mass is 941 g/mol. The zero-order chi connectivity index (χ0) is 47.4. The first-order valence-corrected chi connectivity index (χ1v) is 21.9. The van der Waals surface area contributed by atoms with E-state index in [1.807, 2.05) is 18.2 Å². The number of nitrogen functional groups attached to an aromatic ring is 2. The van der Waals surface area contributed by atoms with Crippen LogP contribution in [0.1, 0.15) is 19.3 Å². The Morgan fingerprint density at radius 2 is 1.04 bits per heavy atom. The second kappa shape index (κ2) is 19.9. The van der Waals surface area contributed by atoms with Gasteiger partial charge in [0.25, 0.3) is 0 Å². The fourth-order valence-electron chi connectivity index (χ4n) is 8.26. The Morgan fingerprint density at radius 1 is 0.597 bits per heavy atom. The highest BCUT2D eigenvalue weighted by Gasteiger charge is 2.24. The third-order valence-electron chi connectivity index (χ3n) is 11.4. The lowest BCUT2D eigenvalue weighted by Crippen LogP contribution is -2.48. The van der Waals surface area contributed by atoms with Crippen LogP contribution in [0.15, 0.2) is 111 Å². The number of piperazine rings is 1. The summed E-state index contributed by atoms with van der Waals surface area (Å²) in [6.07, 6.45) is 8.80. The number of amides is 1. The number of anilines is 4. The second-order valence-corrected chi connectivity index (χ2v) is 16.5. The van der Waals surface area contributed by atoms with Gasteiger partial charge >= 0.3 is 5.97 Å². The molecule has 2 aliphatic rings. The summed E-state index contributed by atoms with van der Waals surface area (Å²) in [6.45, 7) is 10.9. The molecule has 0 bridgehead atoms. The molecule has 18 heteroatoms. The van der Waals surface area contributed by atoms with Crippen LogP contribution in [0.25, 0.3) is 65.9 Å². The number of piperidine rings is 1. The lowest BCUT2D eigenvalue weighted by Gasteiger charge is -2.35. The summed E-state index contributed by atoms with van der Waals surface area (Å²) >= 11 is 13.4. The molecular formula is C49H43Cl2F2N11O3. The highest BCUT2D eigenvalue weighted by molar-refractivity contribution is 6.35. The van der Waals surface area contributed by atoms with Crippen LogP contribution in [0.4, 0.5) is 32.1 Å². The molecule has 0 radical (unpaired) electrons. The molecule has 67 heavy (non-hydrogen) atoms. The summed E-state index contributed by atoms with van der Waals surface area (Å²) < 4.78 is 27.9. The van der Waals surface area contributed by atoms with Gasteiger partial charge in [-0.25, -0.2) is 43.5 Å². The van der Waals surface area contributed by atoms with Crippen LogP contribution in [-0.2, 0) is 9.59 Å². The van der Waals surface area contributed by atoms with Crippen LogP contribution in [0.2, 0.25) is 10.0 Å². The number of hydrogen-bond acceptors (Lipinski definition) is 12. The maximum atomic E-state index is 14.0. The smallest absolute Gasteiger partial charge is 0.327 e. The first kappa shape index (κ1) is 46.0. The maximum Gasteiger partial charge on any atom is 0.327 e. The van der Waals surface area contributed by atoms with Crippen molar-refractivity contribution in [2.45, 2.75) is 19.3 Å². The summed E-state index contributed by atoms with van der Waals surface area (Å²) in [5, 5.41) is 13.1. The van der Waals surface area contributed by atoms with Gasteiger partial charge in [-0.1, -0.05) is 48.5 Å². The zero-order valence-corrected chi connectivity index (χ0v) is 37.5. The molecule has 0 atom stereocenters. The van der Waals surface area contributed by atoms with Gasteiger partial charge in [-0.15, -0.1) is 0 Å². The third kappa shape index (κ3) is 10.0. The number of nitrogens with two attached hydrogens (primary N) is 2. The van der Waals surface area contributed by atoms with Crippen LogP contribution in [-0.4, -0.2) is 91.1 Å². The SMILES string of the molecule is C=CC(=O)N1CCN(c2ncnc3cc(-c4nc(N)cc5ccc(F)cc45)c(Cl)cc23)CC1.C=CC(=O)O.Nc1cc2ccc(F)cc2c(-c2cc3ncnc(N4CCCCC4)c3cc2Cl)n1. The van der Waals surface area contributed by atoms with E-state index in [4.69, 9.17) is 39.8 Å². The van der Waals surface area contributed by atoms with Crippen LogP contribution < -0.4 is 21.3 Å². The van der Waals surface area contributed by atoms with Crippen molar-refractivity contribution >= 4 is 102 Å². The van der Waals surface area contributed by atoms with Crippen LogP contribution >= 0.6 is 23.2 Å². The molecule has 0 aliphatic carbocycles. The van der Waals surface area contributed by atoms with Gasteiger partial charge in [-0.2, -0.15) is 0 Å². The van der Waals surface area contributed by atoms with Gasteiger partial charge in [0.2, 0.25) is 5.91 Å². The van der Waals surface area contributed by atoms with E-state index in [1.54, 1.807) is 41.6 Å². The Morgan fingerprint density at radius 3 is 1.48 bits per heavy atom. The molecule has 4 aromatic carbocycles. The van der Waals surface area contributed by atoms with E-state index in [1.165, 1.54) is 43.1 Å². The first-order valence-electron chi connectivity index (χ1n) is 21.2. The van der Waals surface area contributed by atoms with Crippen LogP contribution in [0.5, 0.6) is 0 Å². The summed E-state index contributed by atoms with van der Waals surface area (Å²) in [7, 11) is 0. The fraction of sp³-hybridized carbons (Fsp3) is 0.184. The van der Waals surface area contributed by atoms with E-state index in [-0.39, 0.29) is 17.5 Å². The van der Waals surface area contributed by atoms with Gasteiger partial charge < -0.3 is 31.3 Å². The molecule has 2 saturated heterocycles. The maximum absolute atomic E-state index is 14.0. The van der Waals surface area contributed by atoms with Crippen LogP contribution in [0, 0.1) is 11.6 Å². The van der Waals surface area contributed by atoms with Gasteiger partial charge in [0.15, 0.2) is 0 Å². The predicted molar refractivity (Wildman–Crippen MR) is 262 cm³/mol. The molecule has 2 aliphatic heterocycles. The van der Waals surface area contributed by atoms with E-state index < -0.39 is 5.97 Å². The first-order chi connectivity index (χ1) is 32.3. The largest absolute Gasteiger partial charge is 0.478 e. The van der Waals surface area contributed by atoms with Gasteiger partial charge in [-0.05, 0) is 96.8 Å². The number of fused-ring (bicyclic) bond motifs is 4. The summed E-state index contributed by atoms with van der Waals surface area (Å²) in [5.74, 6) is 0.554. The minimum Gasteiger partial charge on any atom is -0.478 e. The average Bonchev–Trinajstić information content (AvgIpc) is 3.33. The van der Waals surface area contributed by atoms with Crippen molar-refractivity contribution in [3.63, 3.8) is 0 Å². The number of hydrogen-bond donors (Lipinski definition) is 3. The Hall–Kier alpha value is -7.56. The number of nitrogens with zero attached hydrogens (tertiary/aromatic N) is 9. The van der Waals surface area contributed by atoms with Crippen molar-refractivity contribution in [3.05, 3.63) is 132 Å². The molecule has 340 valence electrons. The van der Waals surface area contributed by atoms with E-state index >= 15 is 0 Å². The molecule has 1 amide bonds. The number of aliphatic carboxylic acids is 1. The minimum absolute atomic E-state index is 0.0758. The lowest BCUT2D eigenvalue weighted by molar-refractivity contribution is -0.131. The highest BCUT2D eigenvalue weighted by atomic mass is 35.5. The Kier molecular flexibility index (Phi) is 13.7. The Labute approximate surface area is 393 Å². The number of aromatic nitrogens is 6. The van der Waals surface area contributed by atoms with Crippen molar-refractivity contribution in [2.24, 2.45) is 0 Å². The van der Waals surface area contributed by atoms with Crippen molar-refractivity contribution in [1.29, 1.82) is 0 Å². The van der Waals surface area contributed by atoms with E-state index in [9.17, 15) is 18.4 Å². The van der Waals surface area contributed by atoms with Gasteiger partial charge in [-0.3, -0.25) is 4.79 Å². The molecule has 0 spiro atoms. The molecule has 5 N–H and O–H groups in total. The molecule has 0 saturated carbocycles. The lowest BCUT2D eigenvalue weighted by atomic mass is 10.0. The van der Waals surface area contributed by atoms with Crippen molar-refractivity contribution < 1.29 is 23.5 Å². The molecular weight excluding hydrogens is 900 g/mol. The molecule has 0 unspecified atom stereocenters. The van der Waals surface area contributed by atoms with Crippen LogP contribution in [0.3, 0.4) is 0 Å². The minimum atomic E-state index is -0.981. The number of carbonyl (C=O) groups excluding carboxylic acids is 1. The average molecular weight is 943 g/mol. The second-order valence-electron chi connectivity index (χ2n) is 15.7. The standard InChI is InChI=1S/C24H20ClFN6O.C22H19ClFN5.C3H4O2/c1-2-22(33)31-5-7-32(8-6-31)24-18-11-19(25)17(12-20(18)28-13-29-24)23-16-10-15(26)4-3-14(16)9-21(27)30-23;23-18-10-17-19(26-12-27-22(17)29-6-2-1-3-7-29)11-16(18)21-15-9-14(24)5-4-13(15)8-20(25)28-21;1-2-3(4)5/h2-4,9-13H,1,5-8H2,(H2,27,30);4-5,8-12H,1-3,6-7H2,(H2,25,28);2H,1H2,(H,4,5). The van der Waals surface area contributed by atoms with E-state index in [0.717, 1.165) is 70.7 Å². The van der Waals surface area contributed by atoms with Gasteiger partial charge in [0, 0.05) is 78.0 Å². The molecule has 6 heterocycles. The van der Waals surface area contributed by atoms with Crippen molar-refractivity contribution in [2.75, 3.05) is 60.5 Å². The number of benzene rings is 4. The number of carboxylic acids is 1. The molecule has 14 nitrogen and oxygen atoms in total. The van der Waals surface area contributed by atoms with Crippen molar-refractivity contribution in [1.82, 2.24) is 34.8 Å². The highest BCUT2D eigenvalue weighted by Crippen LogP contribution is 2.40. The topological polar surface area (TPSA) is 193 Å². The van der Waals surface area contributed by atoms with E-state index in [2.05, 4.69) is 52.9 Å². The summed E-state index contributed by atoms with van der Waals surface area (Å²) in [5.41, 5.74) is 15.8. The molecule has 2 fully saturated rings. The van der Waals surface area contributed by atoms with Gasteiger partial charge in [0.05, 0.1) is 32.5 Å². The summed E-state index contributed by atoms with van der Waals surface area (Å²) in [4.78, 5) is 54.1. The number of rotatable bonds is 6. The Balaban J connectivity index is 0.000000166. The predicted octanol–water partition coefficient (Wildman–Crippen LogP) is 9.52. The number of carbonyl (C=O) groups is 2. The Bertz CT molecular complexity index is 3240. The fourth-order valence-corrected chi connectivity index (χ4v) is 8.76. The molecule has 10 rings (SSSR count). The number of pyridine rings is 2. The molecule has 8 aromatic rings. The van der Waals surface area contributed by atoms with E-state index in [0.29, 0.717) is 86.7 Å². The number of carboxylic acid groups (broad SMARTS) is 1. The van der Waals surface area contributed by atoms with Crippen molar-refractivity contribution in [3.8, 4) is 22.5 Å².